The van der Waals surface area contributed by atoms with Gasteiger partial charge in [-0.05, 0) is 49.8 Å². The van der Waals surface area contributed by atoms with Gasteiger partial charge in [0.05, 0.1) is 5.52 Å². The first kappa shape index (κ1) is 18.1. The lowest BCUT2D eigenvalue weighted by molar-refractivity contribution is -0.123. The molecule has 1 N–H and O–H groups in total. The largest absolute Gasteiger partial charge is 0.381 e. The molecule has 2 aliphatic rings. The molecular weight excluding hydrogens is 347 g/mol. The first-order valence-electron chi connectivity index (χ1n) is 9.71. The third kappa shape index (κ3) is 4.35. The molecule has 1 amide bonds. The van der Waals surface area contributed by atoms with Gasteiger partial charge in [0, 0.05) is 44.2 Å². The van der Waals surface area contributed by atoms with Crippen LogP contribution >= 0.6 is 0 Å². The number of ether oxygens (including phenoxy) is 1. The van der Waals surface area contributed by atoms with Crippen molar-refractivity contribution in [3.63, 3.8) is 0 Å². The molecule has 0 bridgehead atoms. The third-order valence-electron chi connectivity index (χ3n) is 5.55. The van der Waals surface area contributed by atoms with Crippen molar-refractivity contribution in [3.8, 4) is 0 Å². The number of anilines is 1. The fourth-order valence-electron chi connectivity index (χ4n) is 4.01. The van der Waals surface area contributed by atoms with Crippen molar-refractivity contribution in [3.05, 3.63) is 30.3 Å². The number of carbonyl (C=O) groups is 1. The fraction of sp³-hybridized carbons (Fsp3) is 0.550. The zero-order chi connectivity index (χ0) is 18.6. The van der Waals surface area contributed by atoms with Gasteiger partial charge < -0.3 is 15.0 Å². The number of benzene rings is 1. The third-order valence-corrected chi connectivity index (χ3v) is 5.55. The minimum atomic E-state index is -0.279. The van der Waals surface area contributed by atoms with Gasteiger partial charge in [-0.2, -0.15) is 0 Å². The van der Waals surface area contributed by atoms with Gasteiger partial charge >= 0.3 is 0 Å². The van der Waals surface area contributed by atoms with Gasteiger partial charge in [-0.3, -0.25) is 4.79 Å². The number of hydrogen-bond acceptors (Lipinski definition) is 5. The van der Waals surface area contributed by atoms with Crippen LogP contribution in [0.1, 0.15) is 32.1 Å². The van der Waals surface area contributed by atoms with Gasteiger partial charge in [-0.1, -0.05) is 0 Å². The summed E-state index contributed by atoms with van der Waals surface area (Å²) in [5.74, 6) is 1.03. The summed E-state index contributed by atoms with van der Waals surface area (Å²) in [6.07, 6.45) is 5.78. The SMILES string of the molecule is O=C(CC1CCN(c2ncnc3ccc(F)cc23)CC1)NC1CCOCC1. The summed E-state index contributed by atoms with van der Waals surface area (Å²) in [4.78, 5) is 23.1. The Morgan fingerprint density at radius 3 is 2.74 bits per heavy atom. The maximum atomic E-state index is 13.7. The quantitative estimate of drug-likeness (QED) is 0.894. The molecule has 3 heterocycles. The predicted molar refractivity (Wildman–Crippen MR) is 101 cm³/mol. The van der Waals surface area contributed by atoms with Gasteiger partial charge in [-0.15, -0.1) is 0 Å². The van der Waals surface area contributed by atoms with E-state index in [1.807, 2.05) is 0 Å². The molecule has 0 unspecified atom stereocenters. The Hall–Kier alpha value is -2.28. The Labute approximate surface area is 158 Å². The van der Waals surface area contributed by atoms with Crippen LogP contribution in [0.3, 0.4) is 0 Å². The average molecular weight is 372 g/mol. The van der Waals surface area contributed by atoms with Gasteiger partial charge in [0.2, 0.25) is 5.91 Å². The maximum Gasteiger partial charge on any atom is 0.220 e. The second kappa shape index (κ2) is 8.17. The lowest BCUT2D eigenvalue weighted by Gasteiger charge is -2.33. The second-order valence-electron chi connectivity index (χ2n) is 7.45. The molecular formula is C20H25FN4O2. The van der Waals surface area contributed by atoms with E-state index >= 15 is 0 Å². The molecule has 4 rings (SSSR count). The average Bonchev–Trinajstić information content (AvgIpc) is 2.69. The van der Waals surface area contributed by atoms with Crippen LogP contribution in [0.15, 0.2) is 24.5 Å². The van der Waals surface area contributed by atoms with Crippen LogP contribution in [0.5, 0.6) is 0 Å². The summed E-state index contributed by atoms with van der Waals surface area (Å²) in [6, 6.07) is 4.86. The molecule has 2 aliphatic heterocycles. The molecule has 0 spiro atoms. The molecule has 0 atom stereocenters. The highest BCUT2D eigenvalue weighted by Crippen LogP contribution is 2.29. The number of piperidine rings is 1. The minimum absolute atomic E-state index is 0.148. The molecule has 0 radical (unpaired) electrons. The Morgan fingerprint density at radius 2 is 1.96 bits per heavy atom. The summed E-state index contributed by atoms with van der Waals surface area (Å²) >= 11 is 0. The van der Waals surface area contributed by atoms with E-state index in [1.54, 1.807) is 6.07 Å². The summed E-state index contributed by atoms with van der Waals surface area (Å²) in [6.45, 7) is 3.10. The summed E-state index contributed by atoms with van der Waals surface area (Å²) in [5.41, 5.74) is 0.749. The van der Waals surface area contributed by atoms with Crippen molar-refractivity contribution in [1.82, 2.24) is 15.3 Å². The standard InChI is InChI=1S/C20H25FN4O2/c21-15-1-2-18-17(12-15)20(23-13-22-18)25-7-3-14(4-8-25)11-19(26)24-16-5-9-27-10-6-16/h1-2,12-14,16H,3-11H2,(H,24,26). The molecule has 1 aromatic carbocycles. The summed E-state index contributed by atoms with van der Waals surface area (Å²) in [7, 11) is 0. The molecule has 144 valence electrons. The molecule has 1 aromatic heterocycles. The number of amides is 1. The number of hydrogen-bond donors (Lipinski definition) is 1. The fourth-order valence-corrected chi connectivity index (χ4v) is 4.01. The number of aromatic nitrogens is 2. The van der Waals surface area contributed by atoms with Crippen molar-refractivity contribution in [2.24, 2.45) is 5.92 Å². The molecule has 7 heteroatoms. The number of rotatable bonds is 4. The number of nitrogens with one attached hydrogen (secondary N) is 1. The van der Waals surface area contributed by atoms with E-state index in [9.17, 15) is 9.18 Å². The molecule has 2 fully saturated rings. The van der Waals surface area contributed by atoms with E-state index in [1.165, 1.54) is 18.5 Å². The monoisotopic (exact) mass is 372 g/mol. The highest BCUT2D eigenvalue weighted by molar-refractivity contribution is 5.89. The first-order valence-corrected chi connectivity index (χ1v) is 9.71. The smallest absolute Gasteiger partial charge is 0.220 e. The van der Waals surface area contributed by atoms with Crippen molar-refractivity contribution < 1.29 is 13.9 Å². The molecule has 0 aliphatic carbocycles. The summed E-state index contributed by atoms with van der Waals surface area (Å²) in [5, 5.41) is 3.89. The van der Waals surface area contributed by atoms with E-state index < -0.39 is 0 Å². The van der Waals surface area contributed by atoms with E-state index in [2.05, 4.69) is 20.2 Å². The zero-order valence-electron chi connectivity index (χ0n) is 15.4. The molecule has 6 nitrogen and oxygen atoms in total. The Morgan fingerprint density at radius 1 is 1.19 bits per heavy atom. The van der Waals surface area contributed by atoms with Crippen LogP contribution in [-0.4, -0.2) is 48.2 Å². The Bertz CT molecular complexity index is 802. The normalized spacial score (nSPS) is 19.4. The van der Waals surface area contributed by atoms with Crippen LogP contribution < -0.4 is 10.2 Å². The van der Waals surface area contributed by atoms with Crippen molar-refractivity contribution >= 4 is 22.6 Å². The van der Waals surface area contributed by atoms with E-state index in [-0.39, 0.29) is 17.8 Å². The number of fused-ring (bicyclic) bond motifs is 1. The summed E-state index contributed by atoms with van der Waals surface area (Å²) < 4.78 is 19.0. The lowest BCUT2D eigenvalue weighted by atomic mass is 9.92. The van der Waals surface area contributed by atoms with Gasteiger partial charge in [0.1, 0.15) is 18.0 Å². The molecule has 0 saturated carbocycles. The van der Waals surface area contributed by atoms with Gasteiger partial charge in [-0.25, -0.2) is 14.4 Å². The highest BCUT2D eigenvalue weighted by atomic mass is 19.1. The van der Waals surface area contributed by atoms with Crippen LogP contribution in [0, 0.1) is 11.7 Å². The number of nitrogens with zero attached hydrogens (tertiary/aromatic N) is 3. The van der Waals surface area contributed by atoms with E-state index in [4.69, 9.17) is 4.74 Å². The molecule has 2 saturated heterocycles. The number of carbonyl (C=O) groups excluding carboxylic acids is 1. The van der Waals surface area contributed by atoms with Crippen molar-refractivity contribution in [1.29, 1.82) is 0 Å². The topological polar surface area (TPSA) is 67.4 Å². The lowest BCUT2D eigenvalue weighted by Crippen LogP contribution is -2.41. The zero-order valence-corrected chi connectivity index (χ0v) is 15.4. The number of halogens is 1. The van der Waals surface area contributed by atoms with E-state index in [0.717, 1.165) is 68.7 Å². The van der Waals surface area contributed by atoms with Crippen molar-refractivity contribution in [2.75, 3.05) is 31.2 Å². The maximum absolute atomic E-state index is 13.7. The molecule has 2 aromatic rings. The van der Waals surface area contributed by atoms with Crippen LogP contribution in [0.4, 0.5) is 10.2 Å². The van der Waals surface area contributed by atoms with Crippen LogP contribution in [0.25, 0.3) is 10.9 Å². The predicted octanol–water partition coefficient (Wildman–Crippen LogP) is 2.67. The van der Waals surface area contributed by atoms with Crippen LogP contribution in [0.2, 0.25) is 0 Å². The second-order valence-corrected chi connectivity index (χ2v) is 7.45. The Kier molecular flexibility index (Phi) is 5.48. The van der Waals surface area contributed by atoms with E-state index in [0.29, 0.717) is 12.3 Å². The Balaban J connectivity index is 1.34. The van der Waals surface area contributed by atoms with Crippen LogP contribution in [-0.2, 0) is 9.53 Å². The first-order chi connectivity index (χ1) is 13.2. The van der Waals surface area contributed by atoms with Gasteiger partial charge in [0.25, 0.3) is 0 Å². The molecule has 27 heavy (non-hydrogen) atoms. The van der Waals surface area contributed by atoms with Crippen molar-refractivity contribution in [2.45, 2.75) is 38.1 Å². The highest BCUT2D eigenvalue weighted by Gasteiger charge is 2.25. The van der Waals surface area contributed by atoms with Gasteiger partial charge in [0.15, 0.2) is 0 Å². The minimum Gasteiger partial charge on any atom is -0.381 e.